The van der Waals surface area contributed by atoms with Gasteiger partial charge in [-0.3, -0.25) is 0 Å². The number of aryl methyl sites for hydroxylation is 1. The molecular formula is C35H39F3N6O2S. The van der Waals surface area contributed by atoms with Gasteiger partial charge in [0.1, 0.15) is 12.1 Å². The fraction of sp³-hybridized carbons (Fsp3) is 0.371. The second kappa shape index (κ2) is 14.2. The summed E-state index contributed by atoms with van der Waals surface area (Å²) in [5, 5.41) is 8.24. The lowest BCUT2D eigenvalue weighted by molar-refractivity contribution is -0.274. The molecule has 0 spiro atoms. The summed E-state index contributed by atoms with van der Waals surface area (Å²) in [6, 6.07) is 19.3. The molecule has 248 valence electrons. The van der Waals surface area contributed by atoms with Crippen molar-refractivity contribution in [2.24, 2.45) is 10.4 Å². The van der Waals surface area contributed by atoms with Crippen LogP contribution in [-0.4, -0.2) is 51.2 Å². The number of hydrogen-bond donors (Lipinski definition) is 1. The third kappa shape index (κ3) is 8.94. The standard InChI is InChI=1S/C35H39F3N6O2S/c1-23(2)30-24(3)8-6-9-29(30)43-18-7-19-47-33(43)41-32(45)39-21-34(4,5)20-25-10-12-26(13-11-25)31-40-22-44(42-31)27-14-16-28(17-15-27)46-35(36,37)38/h6,8-17,22-23H,7,18-21H2,1-5H3,(H,39,45). The summed E-state index contributed by atoms with van der Waals surface area (Å²) in [5.74, 6) is 1.46. The van der Waals surface area contributed by atoms with E-state index in [-0.39, 0.29) is 17.2 Å². The Balaban J connectivity index is 1.19. The maximum Gasteiger partial charge on any atom is 0.573 e. The second-order valence-corrected chi connectivity index (χ2v) is 13.7. The topological polar surface area (TPSA) is 84.6 Å². The molecule has 47 heavy (non-hydrogen) atoms. The Hall–Kier alpha value is -4.32. The van der Waals surface area contributed by atoms with Crippen LogP contribution < -0.4 is 15.0 Å². The van der Waals surface area contributed by atoms with Crippen LogP contribution >= 0.6 is 11.8 Å². The highest BCUT2D eigenvalue weighted by Gasteiger charge is 2.31. The number of hydrogen-bond acceptors (Lipinski definition) is 5. The van der Waals surface area contributed by atoms with E-state index in [0.717, 1.165) is 47.1 Å². The van der Waals surface area contributed by atoms with Crippen LogP contribution in [0.2, 0.25) is 0 Å². The highest BCUT2D eigenvalue weighted by Crippen LogP contribution is 2.34. The average molecular weight is 665 g/mol. The van der Waals surface area contributed by atoms with E-state index in [2.05, 4.69) is 82.8 Å². The number of ether oxygens (including phenoxy) is 1. The number of nitrogens with one attached hydrogen (secondary N) is 1. The molecule has 1 saturated heterocycles. The Morgan fingerprint density at radius 1 is 1.06 bits per heavy atom. The zero-order valence-electron chi connectivity index (χ0n) is 27.1. The highest BCUT2D eigenvalue weighted by molar-refractivity contribution is 8.14. The molecule has 1 aromatic heterocycles. The first-order valence-electron chi connectivity index (χ1n) is 15.5. The maximum atomic E-state index is 13.0. The third-order valence-corrected chi connectivity index (χ3v) is 8.86. The van der Waals surface area contributed by atoms with Crippen LogP contribution in [0, 0.1) is 12.3 Å². The highest BCUT2D eigenvalue weighted by atomic mass is 32.2. The Bertz CT molecular complexity index is 1720. The van der Waals surface area contributed by atoms with Crippen molar-refractivity contribution < 1.29 is 22.7 Å². The lowest BCUT2D eigenvalue weighted by Gasteiger charge is -2.32. The first kappa shape index (κ1) is 34.0. The molecule has 0 saturated carbocycles. The number of thioether (sulfide) groups is 1. The van der Waals surface area contributed by atoms with Crippen molar-refractivity contribution in [1.82, 2.24) is 20.1 Å². The third-order valence-electron chi connectivity index (χ3n) is 7.79. The summed E-state index contributed by atoms with van der Waals surface area (Å²) in [6.07, 6.45) is -1.49. The SMILES string of the molecule is Cc1cccc(N2CCCSC2=NC(=O)NCC(C)(C)Cc2ccc(-c3ncn(-c4ccc(OC(F)(F)F)cc4)n3)cc2)c1C(C)C. The van der Waals surface area contributed by atoms with Crippen LogP contribution in [0.15, 0.2) is 78.0 Å². The Labute approximate surface area is 277 Å². The van der Waals surface area contributed by atoms with Crippen LogP contribution in [0.5, 0.6) is 5.75 Å². The van der Waals surface area contributed by atoms with E-state index < -0.39 is 6.36 Å². The van der Waals surface area contributed by atoms with E-state index in [4.69, 9.17) is 0 Å². The van der Waals surface area contributed by atoms with Crippen LogP contribution in [-0.2, 0) is 6.42 Å². The van der Waals surface area contributed by atoms with Gasteiger partial charge in [0, 0.05) is 30.1 Å². The van der Waals surface area contributed by atoms with Gasteiger partial charge in [0.25, 0.3) is 0 Å². The minimum Gasteiger partial charge on any atom is -0.406 e. The van der Waals surface area contributed by atoms with E-state index in [1.807, 2.05) is 24.3 Å². The van der Waals surface area contributed by atoms with Crippen molar-refractivity contribution in [3.05, 3.63) is 89.7 Å². The predicted molar refractivity (Wildman–Crippen MR) is 181 cm³/mol. The summed E-state index contributed by atoms with van der Waals surface area (Å²) in [7, 11) is 0. The van der Waals surface area contributed by atoms with Crippen molar-refractivity contribution in [2.45, 2.75) is 59.7 Å². The van der Waals surface area contributed by atoms with Gasteiger partial charge < -0.3 is 15.0 Å². The van der Waals surface area contributed by atoms with Gasteiger partial charge in [-0.15, -0.1) is 18.3 Å². The first-order chi connectivity index (χ1) is 22.3. The summed E-state index contributed by atoms with van der Waals surface area (Å²) < 4.78 is 42.8. The van der Waals surface area contributed by atoms with Crippen molar-refractivity contribution in [2.75, 3.05) is 23.7 Å². The van der Waals surface area contributed by atoms with Crippen molar-refractivity contribution in [3.63, 3.8) is 0 Å². The van der Waals surface area contributed by atoms with Crippen molar-refractivity contribution in [1.29, 1.82) is 0 Å². The summed E-state index contributed by atoms with van der Waals surface area (Å²) in [5.41, 5.74) is 5.85. The number of amides is 2. The van der Waals surface area contributed by atoms with E-state index in [1.54, 1.807) is 11.8 Å². The number of carbonyl (C=O) groups excluding carboxylic acids is 1. The molecule has 0 atom stereocenters. The predicted octanol–water partition coefficient (Wildman–Crippen LogP) is 8.54. The maximum absolute atomic E-state index is 13.0. The van der Waals surface area contributed by atoms with Crippen LogP contribution in [0.3, 0.4) is 0 Å². The molecule has 2 heterocycles. The number of benzene rings is 3. The minimum absolute atomic E-state index is 0.236. The molecule has 1 N–H and O–H groups in total. The normalized spacial score (nSPS) is 14.9. The average Bonchev–Trinajstić information content (AvgIpc) is 3.50. The molecule has 1 aliphatic rings. The molecule has 5 rings (SSSR count). The number of nitrogens with zero attached hydrogens (tertiary/aromatic N) is 5. The summed E-state index contributed by atoms with van der Waals surface area (Å²) in [4.78, 5) is 24.1. The number of halogens is 3. The van der Waals surface area contributed by atoms with E-state index >= 15 is 0 Å². The zero-order valence-corrected chi connectivity index (χ0v) is 28.0. The number of aliphatic imine (C=N–C) groups is 1. The molecule has 1 aliphatic heterocycles. The molecular weight excluding hydrogens is 625 g/mol. The largest absolute Gasteiger partial charge is 0.573 e. The molecule has 3 aromatic carbocycles. The van der Waals surface area contributed by atoms with Crippen molar-refractivity contribution in [3.8, 4) is 22.8 Å². The second-order valence-electron chi connectivity index (χ2n) is 12.7. The molecule has 0 aliphatic carbocycles. The fourth-order valence-electron chi connectivity index (χ4n) is 5.68. The number of aromatic nitrogens is 3. The minimum atomic E-state index is -4.75. The number of rotatable bonds is 9. The van der Waals surface area contributed by atoms with Crippen LogP contribution in [0.1, 0.15) is 56.7 Å². The fourth-order valence-corrected chi connectivity index (χ4v) is 6.62. The molecule has 8 nitrogen and oxygen atoms in total. The lowest BCUT2D eigenvalue weighted by atomic mass is 9.85. The molecule has 0 radical (unpaired) electrons. The first-order valence-corrected chi connectivity index (χ1v) is 16.5. The molecule has 0 bridgehead atoms. The molecule has 0 unspecified atom stereocenters. The van der Waals surface area contributed by atoms with Gasteiger partial charge in [0.05, 0.1) is 5.69 Å². The van der Waals surface area contributed by atoms with E-state index in [9.17, 15) is 18.0 Å². The Morgan fingerprint density at radius 3 is 2.47 bits per heavy atom. The Morgan fingerprint density at radius 2 is 1.79 bits per heavy atom. The zero-order chi connectivity index (χ0) is 33.8. The van der Waals surface area contributed by atoms with Crippen LogP contribution in [0.25, 0.3) is 17.1 Å². The van der Waals surface area contributed by atoms with Gasteiger partial charge in [-0.25, -0.2) is 14.5 Å². The smallest absolute Gasteiger partial charge is 0.406 e. The molecule has 12 heteroatoms. The molecule has 4 aromatic rings. The number of anilines is 1. The molecule has 2 amide bonds. The van der Waals surface area contributed by atoms with Crippen LogP contribution in [0.4, 0.5) is 23.7 Å². The Kier molecular flexibility index (Phi) is 10.3. The monoisotopic (exact) mass is 664 g/mol. The summed E-state index contributed by atoms with van der Waals surface area (Å²) >= 11 is 1.62. The van der Waals surface area contributed by atoms with Crippen molar-refractivity contribution >= 4 is 28.6 Å². The summed E-state index contributed by atoms with van der Waals surface area (Å²) in [6.45, 7) is 12.0. The van der Waals surface area contributed by atoms with E-state index in [0.29, 0.717) is 24.0 Å². The van der Waals surface area contributed by atoms with Gasteiger partial charge in [0.2, 0.25) is 0 Å². The van der Waals surface area contributed by atoms with Gasteiger partial charge in [0.15, 0.2) is 11.0 Å². The number of amidine groups is 1. The van der Waals surface area contributed by atoms with Gasteiger partial charge in [-0.1, -0.05) is 75.9 Å². The van der Waals surface area contributed by atoms with E-state index in [1.165, 1.54) is 46.4 Å². The van der Waals surface area contributed by atoms with Gasteiger partial charge in [-0.2, -0.15) is 4.99 Å². The van der Waals surface area contributed by atoms with Gasteiger partial charge >= 0.3 is 12.4 Å². The number of alkyl halides is 3. The lowest BCUT2D eigenvalue weighted by Crippen LogP contribution is -2.38. The number of carbonyl (C=O) groups is 1. The van der Waals surface area contributed by atoms with Gasteiger partial charge in [-0.05, 0) is 78.1 Å². The number of urea groups is 1. The quantitative estimate of drug-likeness (QED) is 0.193. The molecule has 1 fully saturated rings.